The average Bonchev–Trinajstić information content (AvgIpc) is 3.20. The normalized spacial score (nSPS) is 22.2. The lowest BCUT2D eigenvalue weighted by atomic mass is 10.0. The van der Waals surface area contributed by atoms with Crippen molar-refractivity contribution in [3.05, 3.63) is 54.1 Å². The number of benzene rings is 2. The summed E-state index contributed by atoms with van der Waals surface area (Å²) < 4.78 is 27.9. The Labute approximate surface area is 189 Å². The van der Waals surface area contributed by atoms with E-state index < -0.39 is 10.0 Å². The highest BCUT2D eigenvalue weighted by molar-refractivity contribution is 7.89. The van der Waals surface area contributed by atoms with Gasteiger partial charge in [0, 0.05) is 42.0 Å². The SMILES string of the molecule is C[C@H]1CCC[C@H](C)N1S(=O)(=O)c1ccc(NC(=O)c2cccc(N3CCCC3=O)c2)cc1. The van der Waals surface area contributed by atoms with Gasteiger partial charge in [0.15, 0.2) is 0 Å². The van der Waals surface area contributed by atoms with E-state index >= 15 is 0 Å². The summed E-state index contributed by atoms with van der Waals surface area (Å²) in [5.41, 5.74) is 1.66. The first-order valence-corrected chi connectivity index (χ1v) is 12.6. The van der Waals surface area contributed by atoms with E-state index in [4.69, 9.17) is 0 Å². The molecule has 0 unspecified atom stereocenters. The number of sulfonamides is 1. The minimum atomic E-state index is -3.59. The number of piperidine rings is 1. The van der Waals surface area contributed by atoms with Crippen LogP contribution in [-0.4, -0.2) is 43.2 Å². The van der Waals surface area contributed by atoms with E-state index in [0.717, 1.165) is 25.7 Å². The van der Waals surface area contributed by atoms with Gasteiger partial charge in [-0.2, -0.15) is 4.31 Å². The van der Waals surface area contributed by atoms with Gasteiger partial charge in [0.05, 0.1) is 4.90 Å². The number of hydrogen-bond acceptors (Lipinski definition) is 4. The van der Waals surface area contributed by atoms with Gasteiger partial charge in [0.2, 0.25) is 15.9 Å². The number of amides is 2. The molecule has 170 valence electrons. The third kappa shape index (κ3) is 4.42. The van der Waals surface area contributed by atoms with Crippen LogP contribution in [0.25, 0.3) is 0 Å². The quantitative estimate of drug-likeness (QED) is 0.738. The second-order valence-electron chi connectivity index (χ2n) is 8.64. The van der Waals surface area contributed by atoms with Crippen LogP contribution in [0.2, 0.25) is 0 Å². The number of anilines is 2. The Bertz CT molecular complexity index is 1100. The summed E-state index contributed by atoms with van der Waals surface area (Å²) in [5, 5.41) is 2.81. The molecule has 1 N–H and O–H groups in total. The molecular weight excluding hydrogens is 426 g/mol. The Kier molecular flexibility index (Phi) is 6.35. The maximum Gasteiger partial charge on any atom is 0.255 e. The maximum absolute atomic E-state index is 13.2. The van der Waals surface area contributed by atoms with E-state index in [1.165, 1.54) is 12.1 Å². The topological polar surface area (TPSA) is 86.8 Å². The number of nitrogens with one attached hydrogen (secondary N) is 1. The lowest BCUT2D eigenvalue weighted by Gasteiger charge is -2.37. The molecule has 8 heteroatoms. The Morgan fingerprint density at radius 2 is 1.69 bits per heavy atom. The Morgan fingerprint density at radius 1 is 1.00 bits per heavy atom. The highest BCUT2D eigenvalue weighted by Crippen LogP contribution is 2.30. The summed E-state index contributed by atoms with van der Waals surface area (Å²) in [4.78, 5) is 26.6. The summed E-state index contributed by atoms with van der Waals surface area (Å²) in [6.07, 6.45) is 4.10. The second kappa shape index (κ2) is 9.03. The van der Waals surface area contributed by atoms with Crippen molar-refractivity contribution in [3.63, 3.8) is 0 Å². The van der Waals surface area contributed by atoms with Crippen LogP contribution in [0.1, 0.15) is 56.3 Å². The predicted octanol–water partition coefficient (Wildman–Crippen LogP) is 4.02. The van der Waals surface area contributed by atoms with Crippen LogP contribution < -0.4 is 10.2 Å². The van der Waals surface area contributed by atoms with Crippen molar-refractivity contribution in [1.82, 2.24) is 4.31 Å². The molecule has 2 amide bonds. The van der Waals surface area contributed by atoms with Crippen LogP contribution >= 0.6 is 0 Å². The second-order valence-corrected chi connectivity index (χ2v) is 10.5. The van der Waals surface area contributed by atoms with E-state index in [-0.39, 0.29) is 28.8 Å². The number of rotatable bonds is 5. The molecule has 0 bridgehead atoms. The van der Waals surface area contributed by atoms with Crippen molar-refractivity contribution < 1.29 is 18.0 Å². The Morgan fingerprint density at radius 3 is 2.31 bits per heavy atom. The molecule has 7 nitrogen and oxygen atoms in total. The highest BCUT2D eigenvalue weighted by Gasteiger charge is 2.35. The Balaban J connectivity index is 1.48. The zero-order valence-corrected chi connectivity index (χ0v) is 19.3. The largest absolute Gasteiger partial charge is 0.322 e. The molecule has 2 fully saturated rings. The molecule has 32 heavy (non-hydrogen) atoms. The molecule has 2 aromatic carbocycles. The van der Waals surface area contributed by atoms with Crippen molar-refractivity contribution in [2.24, 2.45) is 0 Å². The van der Waals surface area contributed by atoms with E-state index in [9.17, 15) is 18.0 Å². The first-order chi connectivity index (χ1) is 15.3. The van der Waals surface area contributed by atoms with E-state index in [2.05, 4.69) is 5.32 Å². The smallest absolute Gasteiger partial charge is 0.255 e. The molecule has 2 aliphatic heterocycles. The molecule has 2 aliphatic rings. The van der Waals surface area contributed by atoms with Crippen molar-refractivity contribution in [3.8, 4) is 0 Å². The summed E-state index contributed by atoms with van der Waals surface area (Å²) in [6, 6.07) is 13.2. The number of carbonyl (C=O) groups is 2. The fourth-order valence-electron chi connectivity index (χ4n) is 4.64. The number of carbonyl (C=O) groups excluding carboxylic acids is 2. The van der Waals surface area contributed by atoms with Gasteiger partial charge >= 0.3 is 0 Å². The molecule has 2 aromatic rings. The first-order valence-electron chi connectivity index (χ1n) is 11.1. The van der Waals surface area contributed by atoms with Gasteiger partial charge in [-0.3, -0.25) is 9.59 Å². The summed E-state index contributed by atoms with van der Waals surface area (Å²) in [7, 11) is -3.59. The van der Waals surface area contributed by atoms with Crippen LogP contribution in [-0.2, 0) is 14.8 Å². The molecular formula is C24H29N3O4S. The molecule has 2 atom stereocenters. The average molecular weight is 456 g/mol. The Hall–Kier alpha value is -2.71. The number of hydrogen-bond donors (Lipinski definition) is 1. The van der Waals surface area contributed by atoms with Crippen LogP contribution in [0.3, 0.4) is 0 Å². The summed E-state index contributed by atoms with van der Waals surface area (Å²) in [6.45, 7) is 4.56. The van der Waals surface area contributed by atoms with Crippen molar-refractivity contribution in [2.75, 3.05) is 16.8 Å². The molecule has 4 rings (SSSR count). The predicted molar refractivity (Wildman–Crippen MR) is 124 cm³/mol. The lowest BCUT2D eigenvalue weighted by molar-refractivity contribution is -0.117. The van der Waals surface area contributed by atoms with Gasteiger partial charge < -0.3 is 10.2 Å². The monoisotopic (exact) mass is 455 g/mol. The van der Waals surface area contributed by atoms with Gasteiger partial charge in [0.25, 0.3) is 5.91 Å². The molecule has 0 aliphatic carbocycles. The van der Waals surface area contributed by atoms with Crippen molar-refractivity contribution in [1.29, 1.82) is 0 Å². The van der Waals surface area contributed by atoms with Crippen LogP contribution in [0.15, 0.2) is 53.4 Å². The van der Waals surface area contributed by atoms with Crippen LogP contribution in [0, 0.1) is 0 Å². The molecule has 2 saturated heterocycles. The van der Waals surface area contributed by atoms with Crippen molar-refractivity contribution >= 4 is 33.2 Å². The fraction of sp³-hybridized carbons (Fsp3) is 0.417. The van der Waals surface area contributed by atoms with Gasteiger partial charge in [-0.25, -0.2) is 8.42 Å². The van der Waals surface area contributed by atoms with Crippen molar-refractivity contribution in [2.45, 2.75) is 62.9 Å². The standard InChI is InChI=1S/C24H29N3O4S/c1-17-6-3-7-18(2)27(17)32(30,31)22-13-11-20(12-14-22)25-24(29)19-8-4-9-21(16-19)26-15-5-10-23(26)28/h4,8-9,11-14,16-18H,3,5-7,10,15H2,1-2H3,(H,25,29)/t17-,18-/m0/s1. The van der Waals surface area contributed by atoms with Gasteiger partial charge in [-0.05, 0) is 75.6 Å². The minimum Gasteiger partial charge on any atom is -0.322 e. The zero-order chi connectivity index (χ0) is 22.9. The molecule has 2 heterocycles. The summed E-state index contributed by atoms with van der Waals surface area (Å²) >= 11 is 0. The minimum absolute atomic E-state index is 0.0297. The molecule has 0 spiro atoms. The van der Waals surface area contributed by atoms with Crippen LogP contribution in [0.5, 0.6) is 0 Å². The van der Waals surface area contributed by atoms with Crippen LogP contribution in [0.4, 0.5) is 11.4 Å². The molecule has 0 aromatic heterocycles. The lowest BCUT2D eigenvalue weighted by Crippen LogP contribution is -2.47. The fourth-order valence-corrected chi connectivity index (χ4v) is 6.52. The van der Waals surface area contributed by atoms with E-state index in [1.807, 2.05) is 19.9 Å². The van der Waals surface area contributed by atoms with Gasteiger partial charge in [-0.1, -0.05) is 12.5 Å². The van der Waals surface area contributed by atoms with Gasteiger partial charge in [0.1, 0.15) is 0 Å². The number of nitrogens with zero attached hydrogens (tertiary/aromatic N) is 2. The van der Waals surface area contributed by atoms with E-state index in [1.54, 1.807) is 39.5 Å². The zero-order valence-electron chi connectivity index (χ0n) is 18.5. The van der Waals surface area contributed by atoms with E-state index in [0.29, 0.717) is 29.9 Å². The maximum atomic E-state index is 13.2. The summed E-state index contributed by atoms with van der Waals surface area (Å²) in [5.74, 6) is -0.246. The molecule has 0 saturated carbocycles. The van der Waals surface area contributed by atoms with Gasteiger partial charge in [-0.15, -0.1) is 0 Å². The third-order valence-electron chi connectivity index (χ3n) is 6.29. The first kappa shape index (κ1) is 22.5. The highest BCUT2D eigenvalue weighted by atomic mass is 32.2. The molecule has 0 radical (unpaired) electrons. The third-order valence-corrected chi connectivity index (χ3v) is 8.44.